The molecule has 2 unspecified atom stereocenters. The molecule has 0 radical (unpaired) electrons. The molecule has 1 aliphatic carbocycles. The lowest BCUT2D eigenvalue weighted by Crippen LogP contribution is -2.52. The van der Waals surface area contributed by atoms with Gasteiger partial charge in [0.05, 0.1) is 0 Å². The summed E-state index contributed by atoms with van der Waals surface area (Å²) in [4.78, 5) is 20.5. The van der Waals surface area contributed by atoms with Crippen molar-refractivity contribution in [1.82, 2.24) is 20.4 Å². The summed E-state index contributed by atoms with van der Waals surface area (Å²) < 4.78 is 26.6. The van der Waals surface area contributed by atoms with Gasteiger partial charge in [-0.2, -0.15) is 0 Å². The molecule has 2 fully saturated rings. The second-order valence-corrected chi connectivity index (χ2v) is 9.41. The van der Waals surface area contributed by atoms with Gasteiger partial charge in [0.2, 0.25) is 5.91 Å². The van der Waals surface area contributed by atoms with Crippen LogP contribution in [-0.2, 0) is 11.3 Å². The summed E-state index contributed by atoms with van der Waals surface area (Å²) in [5.74, 6) is -0.327. The second kappa shape index (κ2) is 11.6. The van der Waals surface area contributed by atoms with Crippen molar-refractivity contribution in [3.8, 4) is 0 Å². The minimum absolute atomic E-state index is 0.0239. The van der Waals surface area contributed by atoms with Gasteiger partial charge in [0, 0.05) is 45.8 Å². The number of hydrogen-bond acceptors (Lipinski definition) is 3. The number of benzene rings is 1. The molecule has 2 N–H and O–H groups in total. The van der Waals surface area contributed by atoms with Gasteiger partial charge in [-0.15, -0.1) is 0 Å². The zero-order valence-corrected chi connectivity index (χ0v) is 19.5. The highest BCUT2D eigenvalue weighted by Gasteiger charge is 2.25. The van der Waals surface area contributed by atoms with E-state index in [2.05, 4.69) is 27.4 Å². The maximum absolute atomic E-state index is 13.5. The molecule has 2 atom stereocenters. The quantitative estimate of drug-likeness (QED) is 0.518. The number of nitrogens with zero attached hydrogens (tertiary/aromatic N) is 3. The molecule has 8 heteroatoms. The molecule has 32 heavy (non-hydrogen) atoms. The number of aliphatic imine (C=N–C) groups is 1. The Kier molecular flexibility index (Phi) is 8.84. The number of nitrogens with one attached hydrogen (secondary N) is 2. The van der Waals surface area contributed by atoms with Gasteiger partial charge in [0.1, 0.15) is 6.54 Å². The fourth-order valence-corrected chi connectivity index (χ4v) is 4.45. The van der Waals surface area contributed by atoms with Crippen LogP contribution in [0.4, 0.5) is 8.78 Å². The van der Waals surface area contributed by atoms with Crippen molar-refractivity contribution in [3.63, 3.8) is 0 Å². The zero-order valence-electron chi connectivity index (χ0n) is 19.5. The molecule has 178 valence electrons. The van der Waals surface area contributed by atoms with E-state index >= 15 is 0 Å². The number of hydrogen-bond donors (Lipinski definition) is 2. The minimum Gasteiger partial charge on any atom is -0.354 e. The van der Waals surface area contributed by atoms with Crippen LogP contribution in [0.1, 0.15) is 51.0 Å². The first-order valence-corrected chi connectivity index (χ1v) is 11.8. The van der Waals surface area contributed by atoms with Crippen molar-refractivity contribution in [3.05, 3.63) is 35.4 Å². The topological polar surface area (TPSA) is 60.0 Å². The number of likely N-dealkylation sites (N-methyl/N-ethyl adjacent to an activating group) is 1. The fraction of sp³-hybridized carbons (Fsp3) is 0.667. The molecule has 6 nitrogen and oxygen atoms in total. The molecule has 1 saturated heterocycles. The Balaban J connectivity index is 1.55. The van der Waals surface area contributed by atoms with Crippen molar-refractivity contribution >= 4 is 11.9 Å². The molecule has 0 bridgehead atoms. The lowest BCUT2D eigenvalue weighted by atomic mass is 9.86. The highest BCUT2D eigenvalue weighted by atomic mass is 19.2. The van der Waals surface area contributed by atoms with Gasteiger partial charge in [-0.25, -0.2) is 13.8 Å². The summed E-state index contributed by atoms with van der Waals surface area (Å²) >= 11 is 0. The molecular weight excluding hydrogens is 412 g/mol. The predicted molar refractivity (Wildman–Crippen MR) is 123 cm³/mol. The second-order valence-electron chi connectivity index (χ2n) is 9.41. The Labute approximate surface area is 190 Å². The predicted octanol–water partition coefficient (Wildman–Crippen LogP) is 3.13. The third-order valence-electron chi connectivity index (χ3n) is 6.62. The smallest absolute Gasteiger partial charge is 0.243 e. The summed E-state index contributed by atoms with van der Waals surface area (Å²) in [7, 11) is 3.48. The Hall–Kier alpha value is -2.22. The molecule has 1 saturated carbocycles. The zero-order chi connectivity index (χ0) is 23.1. The monoisotopic (exact) mass is 449 g/mol. The van der Waals surface area contributed by atoms with Gasteiger partial charge in [-0.05, 0) is 49.3 Å². The molecule has 0 aromatic heterocycles. The maximum atomic E-state index is 13.5. The van der Waals surface area contributed by atoms with Gasteiger partial charge in [-0.1, -0.05) is 25.8 Å². The molecule has 2 aliphatic rings. The van der Waals surface area contributed by atoms with Gasteiger partial charge in [0.25, 0.3) is 0 Å². The number of halogens is 2. The number of carbonyl (C=O) groups is 1. The van der Waals surface area contributed by atoms with Gasteiger partial charge >= 0.3 is 0 Å². The van der Waals surface area contributed by atoms with E-state index in [4.69, 9.17) is 0 Å². The molecule has 1 aliphatic heterocycles. The number of carbonyl (C=O) groups excluding carboxylic acids is 1. The summed E-state index contributed by atoms with van der Waals surface area (Å²) in [6.45, 7) is 4.73. The van der Waals surface area contributed by atoms with Gasteiger partial charge < -0.3 is 15.5 Å². The molecular formula is C24H37F2N5O. The van der Waals surface area contributed by atoms with Crippen LogP contribution in [0.3, 0.4) is 0 Å². The van der Waals surface area contributed by atoms with Crippen molar-refractivity contribution in [2.24, 2.45) is 10.9 Å². The molecule has 3 rings (SSSR count). The SMILES string of the molecule is CC1CCCCC1NC(=NCC(=O)N(C)C)NC1CCN(Cc2ccc(F)c(F)c2)CC1. The largest absolute Gasteiger partial charge is 0.354 e. The van der Waals surface area contributed by atoms with Crippen molar-refractivity contribution in [2.75, 3.05) is 33.7 Å². The van der Waals surface area contributed by atoms with E-state index in [1.807, 2.05) is 0 Å². The van der Waals surface area contributed by atoms with Crippen LogP contribution in [0.25, 0.3) is 0 Å². The van der Waals surface area contributed by atoms with E-state index in [1.165, 1.54) is 31.4 Å². The first-order chi connectivity index (χ1) is 15.3. The number of rotatable bonds is 6. The third-order valence-corrected chi connectivity index (χ3v) is 6.62. The van der Waals surface area contributed by atoms with Crippen LogP contribution in [0.15, 0.2) is 23.2 Å². The van der Waals surface area contributed by atoms with E-state index < -0.39 is 11.6 Å². The summed E-state index contributed by atoms with van der Waals surface area (Å²) in [5.41, 5.74) is 0.785. The van der Waals surface area contributed by atoms with E-state index in [9.17, 15) is 13.6 Å². The Morgan fingerprint density at radius 1 is 1.09 bits per heavy atom. The van der Waals surface area contributed by atoms with Gasteiger partial charge in [0.15, 0.2) is 17.6 Å². The maximum Gasteiger partial charge on any atom is 0.243 e. The molecule has 0 spiro atoms. The Morgan fingerprint density at radius 3 is 2.47 bits per heavy atom. The third kappa shape index (κ3) is 7.15. The van der Waals surface area contributed by atoms with Crippen LogP contribution in [-0.4, -0.2) is 67.5 Å². The minimum atomic E-state index is -0.809. The molecule has 1 amide bonds. The van der Waals surface area contributed by atoms with Crippen LogP contribution < -0.4 is 10.6 Å². The van der Waals surface area contributed by atoms with Crippen LogP contribution in [0, 0.1) is 17.6 Å². The van der Waals surface area contributed by atoms with E-state index in [1.54, 1.807) is 25.1 Å². The fourth-order valence-electron chi connectivity index (χ4n) is 4.45. The first-order valence-electron chi connectivity index (χ1n) is 11.8. The molecule has 1 heterocycles. The Bertz CT molecular complexity index is 793. The lowest BCUT2D eigenvalue weighted by molar-refractivity contribution is -0.127. The number of guanidine groups is 1. The molecule has 1 aromatic rings. The van der Waals surface area contributed by atoms with Crippen molar-refractivity contribution in [1.29, 1.82) is 0 Å². The molecule has 1 aromatic carbocycles. The van der Waals surface area contributed by atoms with Crippen LogP contribution in [0.5, 0.6) is 0 Å². The average molecular weight is 450 g/mol. The summed E-state index contributed by atoms with van der Waals surface area (Å²) in [6, 6.07) is 4.74. The summed E-state index contributed by atoms with van der Waals surface area (Å²) in [5, 5.41) is 7.14. The normalized spacial score (nSPS) is 23.1. The number of amides is 1. The van der Waals surface area contributed by atoms with E-state index in [0.29, 0.717) is 18.5 Å². The van der Waals surface area contributed by atoms with Crippen molar-refractivity contribution < 1.29 is 13.6 Å². The van der Waals surface area contributed by atoms with Crippen LogP contribution >= 0.6 is 0 Å². The average Bonchev–Trinajstić information content (AvgIpc) is 2.77. The lowest BCUT2D eigenvalue weighted by Gasteiger charge is -2.35. The standard InChI is InChI=1S/C24H37F2N5O/c1-17-6-4-5-7-22(17)29-24(27-15-23(32)30(2)3)28-19-10-12-31(13-11-19)16-18-8-9-20(25)21(26)14-18/h8-9,14,17,19,22H,4-7,10-13,15-16H2,1-3H3,(H2,27,28,29). The van der Waals surface area contributed by atoms with Crippen LogP contribution in [0.2, 0.25) is 0 Å². The first kappa shape index (κ1) is 24.4. The van der Waals surface area contributed by atoms with Gasteiger partial charge in [-0.3, -0.25) is 9.69 Å². The highest BCUT2D eigenvalue weighted by Crippen LogP contribution is 2.24. The van der Waals surface area contributed by atoms with E-state index in [0.717, 1.165) is 43.9 Å². The van der Waals surface area contributed by atoms with Crippen molar-refractivity contribution in [2.45, 2.75) is 64.1 Å². The number of piperidine rings is 1. The summed E-state index contributed by atoms with van der Waals surface area (Å²) in [6.07, 6.45) is 6.67. The highest BCUT2D eigenvalue weighted by molar-refractivity contribution is 5.85. The Morgan fingerprint density at radius 2 is 1.81 bits per heavy atom. The number of likely N-dealkylation sites (tertiary alicyclic amines) is 1. The van der Waals surface area contributed by atoms with E-state index in [-0.39, 0.29) is 18.5 Å².